The molecule has 5 heteroatoms. The molecule has 1 aliphatic carbocycles. The molecule has 1 fully saturated rings. The second-order valence-corrected chi connectivity index (χ2v) is 8.37. The van der Waals surface area contributed by atoms with Crippen LogP contribution in [0.25, 0.3) is 0 Å². The lowest BCUT2D eigenvalue weighted by atomic mass is 9.84. The number of fused-ring (bicyclic) bond motifs is 3. The molecule has 2 heterocycles. The Morgan fingerprint density at radius 1 is 1.22 bits per heavy atom. The summed E-state index contributed by atoms with van der Waals surface area (Å²) in [6, 6.07) is 14.2. The van der Waals surface area contributed by atoms with Gasteiger partial charge in [0.25, 0.3) is 5.91 Å². The Labute approximate surface area is 159 Å². The molecule has 1 amide bonds. The van der Waals surface area contributed by atoms with E-state index >= 15 is 0 Å². The summed E-state index contributed by atoms with van der Waals surface area (Å²) in [5, 5.41) is 13.7. The van der Waals surface area contributed by atoms with Crippen molar-refractivity contribution in [2.75, 3.05) is 18.8 Å². The maximum absolute atomic E-state index is 12.2. The van der Waals surface area contributed by atoms with Crippen molar-refractivity contribution in [1.29, 1.82) is 0 Å². The Morgan fingerprint density at radius 2 is 1.96 bits per heavy atom. The van der Waals surface area contributed by atoms with E-state index in [1.54, 1.807) is 6.07 Å². The first-order valence-electron chi connectivity index (χ1n) is 9.70. The van der Waals surface area contributed by atoms with Gasteiger partial charge in [0.1, 0.15) is 0 Å². The maximum atomic E-state index is 12.2. The molecule has 2 aromatic carbocycles. The highest BCUT2D eigenvalue weighted by Crippen LogP contribution is 2.58. The first-order chi connectivity index (χ1) is 13.0. The van der Waals surface area contributed by atoms with Crippen LogP contribution in [0.1, 0.15) is 39.9 Å². The number of nitrogens with zero attached hydrogens (tertiary/aromatic N) is 1. The summed E-state index contributed by atoms with van der Waals surface area (Å²) in [5.41, 5.74) is 11.0. The number of nitrogen functional groups attached to an aromatic ring is 1. The van der Waals surface area contributed by atoms with Gasteiger partial charge in [-0.3, -0.25) is 9.69 Å². The number of rotatable bonds is 4. The van der Waals surface area contributed by atoms with Crippen molar-refractivity contribution in [3.05, 3.63) is 64.7 Å². The van der Waals surface area contributed by atoms with Crippen LogP contribution in [0.4, 0.5) is 5.69 Å². The molecule has 1 spiro atoms. The minimum absolute atomic E-state index is 0.0219. The van der Waals surface area contributed by atoms with E-state index in [0.717, 1.165) is 31.5 Å². The summed E-state index contributed by atoms with van der Waals surface area (Å²) in [4.78, 5) is 14.5. The third kappa shape index (κ3) is 2.82. The smallest absolute Gasteiger partial charge is 0.251 e. The molecule has 140 valence electrons. The molecular weight excluding hydrogens is 338 g/mol. The minimum Gasteiger partial charge on any atom is -0.399 e. The molecule has 3 unspecified atom stereocenters. The van der Waals surface area contributed by atoms with Crippen LogP contribution in [0.2, 0.25) is 0 Å². The van der Waals surface area contributed by atoms with Gasteiger partial charge in [-0.25, -0.2) is 0 Å². The molecule has 4 N–H and O–H groups in total. The monoisotopic (exact) mass is 363 g/mol. The van der Waals surface area contributed by atoms with E-state index in [1.165, 1.54) is 11.1 Å². The Bertz CT molecular complexity index is 887. The van der Waals surface area contributed by atoms with Crippen molar-refractivity contribution in [2.45, 2.75) is 37.5 Å². The predicted octanol–water partition coefficient (Wildman–Crippen LogP) is 2.04. The number of amides is 1. The Morgan fingerprint density at radius 3 is 2.70 bits per heavy atom. The highest BCUT2D eigenvalue weighted by molar-refractivity contribution is 5.98. The average molecular weight is 363 g/mol. The number of β-amino-alcohol motifs (C(OH)–C–C–N with tert-alkyl or cyclic N) is 1. The number of aliphatic hydroxyl groups excluding tert-OH is 1. The lowest BCUT2D eigenvalue weighted by Crippen LogP contribution is -2.41. The summed E-state index contributed by atoms with van der Waals surface area (Å²) in [5.74, 6) is 0.365. The standard InChI is InChI=1S/C22H25N3O2/c23-17-5-6-20-19(8-17)21(27)24-13-22(20)9-16(22)7-18(26)12-25-10-14-3-1-2-4-15(14)11-25/h1-6,8,16,18,26H,7,9-13,23H2,(H,24,27). The van der Waals surface area contributed by atoms with Crippen LogP contribution in [0.15, 0.2) is 42.5 Å². The highest BCUT2D eigenvalue weighted by Gasteiger charge is 2.58. The number of benzene rings is 2. The molecule has 2 aliphatic heterocycles. The quantitative estimate of drug-likeness (QED) is 0.727. The zero-order valence-corrected chi connectivity index (χ0v) is 15.3. The number of carbonyl (C=O) groups is 1. The Hall–Kier alpha value is -2.37. The Balaban J connectivity index is 1.25. The van der Waals surface area contributed by atoms with E-state index in [2.05, 4.69) is 34.5 Å². The number of nitrogens with one attached hydrogen (secondary N) is 1. The van der Waals surface area contributed by atoms with Crippen LogP contribution < -0.4 is 11.1 Å². The minimum atomic E-state index is -0.349. The van der Waals surface area contributed by atoms with E-state index < -0.39 is 0 Å². The molecule has 5 nitrogen and oxygen atoms in total. The van der Waals surface area contributed by atoms with E-state index in [1.807, 2.05) is 12.1 Å². The summed E-state index contributed by atoms with van der Waals surface area (Å²) in [7, 11) is 0. The molecule has 2 aromatic rings. The van der Waals surface area contributed by atoms with Crippen LogP contribution in [0, 0.1) is 5.92 Å². The summed E-state index contributed by atoms with van der Waals surface area (Å²) >= 11 is 0. The van der Waals surface area contributed by atoms with Crippen molar-refractivity contribution in [3.8, 4) is 0 Å². The van der Waals surface area contributed by atoms with Crippen molar-refractivity contribution in [1.82, 2.24) is 10.2 Å². The second kappa shape index (κ2) is 6.08. The van der Waals surface area contributed by atoms with Gasteiger partial charge in [-0.15, -0.1) is 0 Å². The van der Waals surface area contributed by atoms with E-state index in [-0.39, 0.29) is 17.4 Å². The first-order valence-corrected chi connectivity index (χ1v) is 9.70. The summed E-state index contributed by atoms with van der Waals surface area (Å²) in [6.45, 7) is 3.19. The van der Waals surface area contributed by atoms with Gasteiger partial charge in [0.2, 0.25) is 0 Å². The van der Waals surface area contributed by atoms with Crippen molar-refractivity contribution < 1.29 is 9.90 Å². The van der Waals surface area contributed by atoms with Crippen molar-refractivity contribution in [3.63, 3.8) is 0 Å². The van der Waals surface area contributed by atoms with Crippen LogP contribution >= 0.6 is 0 Å². The van der Waals surface area contributed by atoms with Gasteiger partial charge in [0, 0.05) is 42.8 Å². The van der Waals surface area contributed by atoms with Crippen molar-refractivity contribution >= 4 is 11.6 Å². The third-order valence-corrected chi connectivity index (χ3v) is 6.55. The number of hydrogen-bond donors (Lipinski definition) is 3. The third-order valence-electron chi connectivity index (χ3n) is 6.55. The van der Waals surface area contributed by atoms with Gasteiger partial charge in [-0.2, -0.15) is 0 Å². The maximum Gasteiger partial charge on any atom is 0.251 e. The van der Waals surface area contributed by atoms with Gasteiger partial charge in [-0.1, -0.05) is 30.3 Å². The molecule has 0 bridgehead atoms. The molecule has 1 saturated carbocycles. The lowest BCUT2D eigenvalue weighted by Gasteiger charge is -2.28. The molecule has 5 rings (SSSR count). The topological polar surface area (TPSA) is 78.6 Å². The molecule has 0 aromatic heterocycles. The summed E-state index contributed by atoms with van der Waals surface area (Å²) < 4.78 is 0. The normalized spacial score (nSPS) is 27.1. The van der Waals surface area contributed by atoms with Gasteiger partial charge in [0.05, 0.1) is 6.10 Å². The fourth-order valence-electron chi connectivity index (χ4n) is 5.08. The predicted molar refractivity (Wildman–Crippen MR) is 104 cm³/mol. The summed E-state index contributed by atoms with van der Waals surface area (Å²) in [6.07, 6.45) is 1.44. The molecule has 3 atom stereocenters. The number of anilines is 1. The molecule has 0 radical (unpaired) electrons. The molecular formula is C22H25N3O2. The van der Waals surface area contributed by atoms with E-state index in [9.17, 15) is 9.90 Å². The lowest BCUT2D eigenvalue weighted by molar-refractivity contribution is 0.0918. The van der Waals surface area contributed by atoms with Crippen LogP contribution in [-0.2, 0) is 18.5 Å². The zero-order valence-electron chi connectivity index (χ0n) is 15.3. The largest absolute Gasteiger partial charge is 0.399 e. The second-order valence-electron chi connectivity index (χ2n) is 8.37. The first kappa shape index (κ1) is 16.8. The van der Waals surface area contributed by atoms with Gasteiger partial charge >= 0.3 is 0 Å². The van der Waals surface area contributed by atoms with Gasteiger partial charge in [-0.05, 0) is 47.6 Å². The number of hydrogen-bond acceptors (Lipinski definition) is 4. The van der Waals surface area contributed by atoms with Crippen molar-refractivity contribution in [2.24, 2.45) is 5.92 Å². The van der Waals surface area contributed by atoms with E-state index in [0.29, 0.717) is 30.3 Å². The fraction of sp³-hybridized carbons (Fsp3) is 0.409. The van der Waals surface area contributed by atoms with Gasteiger partial charge < -0.3 is 16.2 Å². The van der Waals surface area contributed by atoms with E-state index in [4.69, 9.17) is 5.73 Å². The number of nitrogens with two attached hydrogens (primary N) is 1. The SMILES string of the molecule is Nc1ccc2c(c1)C(=O)NCC21CC1CC(O)CN1Cc2ccccc2C1. The fourth-order valence-corrected chi connectivity index (χ4v) is 5.08. The molecule has 3 aliphatic rings. The van der Waals surface area contributed by atoms with Crippen LogP contribution in [-0.4, -0.2) is 35.1 Å². The number of carbonyl (C=O) groups excluding carboxylic acids is 1. The van der Waals surface area contributed by atoms with Gasteiger partial charge in [0.15, 0.2) is 0 Å². The van der Waals surface area contributed by atoms with Crippen LogP contribution in [0.3, 0.4) is 0 Å². The number of aliphatic hydroxyl groups is 1. The molecule has 27 heavy (non-hydrogen) atoms. The molecule has 0 saturated heterocycles. The Kier molecular flexibility index (Phi) is 3.78. The highest BCUT2D eigenvalue weighted by atomic mass is 16.3. The average Bonchev–Trinajstić information content (AvgIpc) is 3.15. The zero-order chi connectivity index (χ0) is 18.6. The van der Waals surface area contributed by atoms with Crippen LogP contribution in [0.5, 0.6) is 0 Å².